The molecule has 0 bridgehead atoms. The predicted molar refractivity (Wildman–Crippen MR) is 131 cm³/mol. The second-order valence-corrected chi connectivity index (χ2v) is 8.11. The number of aliphatic imine (C=N–C) groups is 1. The van der Waals surface area contributed by atoms with E-state index in [-0.39, 0.29) is 30.0 Å². The average molecular weight is 518 g/mol. The Hall–Kier alpha value is -0.800. The summed E-state index contributed by atoms with van der Waals surface area (Å²) in [5.41, 5.74) is 0. The van der Waals surface area contributed by atoms with Gasteiger partial charge in [0.05, 0.1) is 18.8 Å². The Morgan fingerprint density at radius 3 is 2.55 bits per heavy atom. The average Bonchev–Trinajstić information content (AvgIpc) is 3.25. The van der Waals surface area contributed by atoms with Crippen LogP contribution in [0.5, 0.6) is 0 Å². The van der Waals surface area contributed by atoms with Crippen LogP contribution in [0.15, 0.2) is 27.8 Å². The van der Waals surface area contributed by atoms with Crippen LogP contribution in [-0.4, -0.2) is 67.6 Å². The largest absolute Gasteiger partial charge is 0.468 e. The first-order valence-corrected chi connectivity index (χ1v) is 11.3. The van der Waals surface area contributed by atoms with Crippen LogP contribution < -0.4 is 10.6 Å². The van der Waals surface area contributed by atoms with Gasteiger partial charge in [-0.05, 0) is 70.8 Å². The van der Waals surface area contributed by atoms with Crippen molar-refractivity contribution in [1.82, 2.24) is 20.4 Å². The number of nitrogens with zero attached hydrogens (tertiary/aromatic N) is 3. The van der Waals surface area contributed by atoms with E-state index in [0.717, 1.165) is 37.9 Å². The Labute approximate surface area is 193 Å². The van der Waals surface area contributed by atoms with Crippen molar-refractivity contribution in [2.75, 3.05) is 45.8 Å². The SMILES string of the molecule is CCCN1CCC(NC(=NCC(c2ccco2)N2CCCCC2)NCC)CC1.I. The zero-order chi connectivity index (χ0) is 19.6. The number of nitrogens with one attached hydrogen (secondary N) is 2. The number of furan rings is 1. The molecule has 0 aromatic carbocycles. The molecule has 2 fully saturated rings. The molecule has 1 unspecified atom stereocenters. The van der Waals surface area contributed by atoms with E-state index in [1.54, 1.807) is 6.26 Å². The van der Waals surface area contributed by atoms with Gasteiger partial charge in [0.25, 0.3) is 0 Å². The molecule has 2 aliphatic rings. The summed E-state index contributed by atoms with van der Waals surface area (Å²) < 4.78 is 5.77. The molecule has 2 N–H and O–H groups in total. The van der Waals surface area contributed by atoms with Crippen molar-refractivity contribution in [3.8, 4) is 0 Å². The van der Waals surface area contributed by atoms with Gasteiger partial charge >= 0.3 is 0 Å². The van der Waals surface area contributed by atoms with Gasteiger partial charge in [0.2, 0.25) is 0 Å². The van der Waals surface area contributed by atoms with E-state index in [1.807, 2.05) is 6.07 Å². The fraction of sp³-hybridized carbons (Fsp3) is 0.773. The van der Waals surface area contributed by atoms with Gasteiger partial charge in [-0.25, -0.2) is 0 Å². The van der Waals surface area contributed by atoms with E-state index in [0.29, 0.717) is 6.04 Å². The van der Waals surface area contributed by atoms with Gasteiger partial charge in [0, 0.05) is 25.7 Å². The molecule has 166 valence electrons. The quantitative estimate of drug-likeness (QED) is 0.312. The minimum absolute atomic E-state index is 0. The smallest absolute Gasteiger partial charge is 0.191 e. The van der Waals surface area contributed by atoms with E-state index >= 15 is 0 Å². The lowest BCUT2D eigenvalue weighted by molar-refractivity contribution is 0.150. The zero-order valence-electron chi connectivity index (χ0n) is 18.2. The predicted octanol–water partition coefficient (Wildman–Crippen LogP) is 3.85. The van der Waals surface area contributed by atoms with Crippen LogP contribution in [0.3, 0.4) is 0 Å². The van der Waals surface area contributed by atoms with Crippen LogP contribution in [0, 0.1) is 0 Å². The highest BCUT2D eigenvalue weighted by atomic mass is 127. The molecule has 0 spiro atoms. The maximum Gasteiger partial charge on any atom is 0.191 e. The summed E-state index contributed by atoms with van der Waals surface area (Å²) in [5.74, 6) is 1.99. The topological polar surface area (TPSA) is 56.0 Å². The highest BCUT2D eigenvalue weighted by Crippen LogP contribution is 2.25. The molecule has 1 aromatic rings. The minimum Gasteiger partial charge on any atom is -0.468 e. The molecule has 0 amide bonds. The fourth-order valence-corrected chi connectivity index (χ4v) is 4.40. The molecule has 29 heavy (non-hydrogen) atoms. The molecule has 0 saturated carbocycles. The summed E-state index contributed by atoms with van der Waals surface area (Å²) in [6.07, 6.45) is 9.30. The van der Waals surface area contributed by atoms with Crippen molar-refractivity contribution < 1.29 is 4.42 Å². The number of hydrogen-bond donors (Lipinski definition) is 2. The van der Waals surface area contributed by atoms with E-state index < -0.39 is 0 Å². The first-order valence-electron chi connectivity index (χ1n) is 11.3. The molecule has 3 rings (SSSR count). The summed E-state index contributed by atoms with van der Waals surface area (Å²) in [4.78, 5) is 10.1. The van der Waals surface area contributed by atoms with Gasteiger partial charge in [-0.1, -0.05) is 13.3 Å². The third kappa shape index (κ3) is 7.75. The van der Waals surface area contributed by atoms with E-state index in [4.69, 9.17) is 9.41 Å². The first-order chi connectivity index (χ1) is 13.8. The molecule has 1 aromatic heterocycles. The van der Waals surface area contributed by atoms with Crippen molar-refractivity contribution in [3.05, 3.63) is 24.2 Å². The lowest BCUT2D eigenvalue weighted by atomic mass is 10.1. The highest BCUT2D eigenvalue weighted by molar-refractivity contribution is 14.0. The summed E-state index contributed by atoms with van der Waals surface area (Å²) in [7, 11) is 0. The van der Waals surface area contributed by atoms with Gasteiger partial charge in [-0.3, -0.25) is 9.89 Å². The Balaban J connectivity index is 0.00000300. The Morgan fingerprint density at radius 1 is 1.17 bits per heavy atom. The van der Waals surface area contributed by atoms with Crippen LogP contribution >= 0.6 is 24.0 Å². The monoisotopic (exact) mass is 517 g/mol. The third-order valence-corrected chi connectivity index (χ3v) is 5.94. The number of hydrogen-bond acceptors (Lipinski definition) is 4. The fourth-order valence-electron chi connectivity index (χ4n) is 4.40. The summed E-state index contributed by atoms with van der Waals surface area (Å²) in [6, 6.07) is 4.84. The number of likely N-dealkylation sites (tertiary alicyclic amines) is 2. The van der Waals surface area contributed by atoms with Crippen molar-refractivity contribution >= 4 is 29.9 Å². The lowest BCUT2D eigenvalue weighted by Gasteiger charge is -2.34. The van der Waals surface area contributed by atoms with Gasteiger partial charge in [-0.2, -0.15) is 0 Å². The van der Waals surface area contributed by atoms with Crippen LogP contribution in [0.2, 0.25) is 0 Å². The standard InChI is InChI=1S/C22H39N5O.HI/c1-3-12-26-15-10-19(11-16-26)25-22(23-4-2)24-18-20(21-9-8-17-28-21)27-13-6-5-7-14-27;/h8-9,17,19-20H,3-7,10-16,18H2,1-2H3,(H2,23,24,25);1H. The number of halogens is 1. The molecule has 6 nitrogen and oxygen atoms in total. The molecule has 7 heteroatoms. The van der Waals surface area contributed by atoms with Crippen LogP contribution in [0.25, 0.3) is 0 Å². The lowest BCUT2D eigenvalue weighted by Crippen LogP contribution is -2.49. The molecule has 0 aliphatic carbocycles. The first kappa shape index (κ1) is 24.5. The van der Waals surface area contributed by atoms with Crippen molar-refractivity contribution in [1.29, 1.82) is 0 Å². The highest BCUT2D eigenvalue weighted by Gasteiger charge is 2.25. The number of guanidine groups is 1. The number of rotatable bonds is 8. The molecular formula is C22H40IN5O. The molecule has 2 saturated heterocycles. The van der Waals surface area contributed by atoms with Crippen molar-refractivity contribution in [2.24, 2.45) is 4.99 Å². The normalized spacial score (nSPS) is 20.8. The molecule has 0 radical (unpaired) electrons. The van der Waals surface area contributed by atoms with Crippen molar-refractivity contribution in [3.63, 3.8) is 0 Å². The third-order valence-electron chi connectivity index (χ3n) is 5.94. The molecular weight excluding hydrogens is 477 g/mol. The van der Waals surface area contributed by atoms with Gasteiger partial charge in [0.1, 0.15) is 5.76 Å². The number of piperidine rings is 2. The van der Waals surface area contributed by atoms with Crippen LogP contribution in [0.1, 0.15) is 64.2 Å². The van der Waals surface area contributed by atoms with E-state index in [2.05, 4.69) is 40.3 Å². The van der Waals surface area contributed by atoms with Crippen molar-refractivity contribution in [2.45, 2.75) is 64.5 Å². The van der Waals surface area contributed by atoms with Gasteiger partial charge in [-0.15, -0.1) is 24.0 Å². The minimum atomic E-state index is 0. The Kier molecular flexibility index (Phi) is 11.4. The zero-order valence-corrected chi connectivity index (χ0v) is 20.6. The maximum atomic E-state index is 5.77. The van der Waals surface area contributed by atoms with E-state index in [1.165, 1.54) is 58.2 Å². The summed E-state index contributed by atoms with van der Waals surface area (Å²) >= 11 is 0. The molecule has 3 heterocycles. The summed E-state index contributed by atoms with van der Waals surface area (Å²) in [5, 5.41) is 7.13. The maximum absolute atomic E-state index is 5.77. The second kappa shape index (κ2) is 13.5. The Morgan fingerprint density at radius 2 is 1.93 bits per heavy atom. The second-order valence-electron chi connectivity index (χ2n) is 8.11. The van der Waals surface area contributed by atoms with Crippen LogP contribution in [-0.2, 0) is 0 Å². The molecule has 1 atom stereocenters. The molecule has 2 aliphatic heterocycles. The van der Waals surface area contributed by atoms with Crippen LogP contribution in [0.4, 0.5) is 0 Å². The van der Waals surface area contributed by atoms with E-state index in [9.17, 15) is 0 Å². The van der Waals surface area contributed by atoms with Gasteiger partial charge < -0.3 is 20.0 Å². The Bertz CT molecular complexity index is 566. The van der Waals surface area contributed by atoms with Gasteiger partial charge in [0.15, 0.2) is 5.96 Å². The summed E-state index contributed by atoms with van der Waals surface area (Å²) in [6.45, 7) is 11.9.